The van der Waals surface area contributed by atoms with Gasteiger partial charge in [-0.25, -0.2) is 9.78 Å². The Morgan fingerprint density at radius 1 is 1.19 bits per heavy atom. The molecule has 2 aromatic rings. The molecule has 1 N–H and O–H groups in total. The van der Waals surface area contributed by atoms with E-state index in [-0.39, 0.29) is 5.91 Å². The second-order valence-electron chi connectivity index (χ2n) is 4.05. The fraction of sp³-hybridized carbons (Fsp3) is 0.214. The number of nitrogens with one attached hydrogen (secondary N) is 1. The molecule has 2 rings (SSSR count). The maximum absolute atomic E-state index is 12.0. The Morgan fingerprint density at radius 2 is 1.95 bits per heavy atom. The van der Waals surface area contributed by atoms with Crippen molar-refractivity contribution in [3.63, 3.8) is 0 Å². The molecule has 110 valence electrons. The number of methoxy groups -OCH3 is 2. The fourth-order valence-corrected chi connectivity index (χ4v) is 2.42. The number of pyridine rings is 1. The summed E-state index contributed by atoms with van der Waals surface area (Å²) in [6.07, 6.45) is 1.63. The molecule has 2 aromatic heterocycles. The lowest BCUT2D eigenvalue weighted by Crippen LogP contribution is -2.21. The van der Waals surface area contributed by atoms with E-state index in [9.17, 15) is 9.59 Å². The van der Waals surface area contributed by atoms with Gasteiger partial charge in [-0.05, 0) is 17.7 Å². The monoisotopic (exact) mass is 306 g/mol. The molecule has 0 aliphatic carbocycles. The molecule has 0 aliphatic rings. The standard InChI is InChI=1S/C14H14N2O4S/c1-19-12-6-3-9(7-15-12)8-16-13(17)10-4-5-11(21-10)14(18)20-2/h3-7H,8H2,1-2H3,(H,16,17). The van der Waals surface area contributed by atoms with Crippen molar-refractivity contribution in [2.24, 2.45) is 0 Å². The van der Waals surface area contributed by atoms with Crippen LogP contribution in [0.5, 0.6) is 5.88 Å². The summed E-state index contributed by atoms with van der Waals surface area (Å²) in [5, 5.41) is 2.76. The number of carbonyl (C=O) groups excluding carboxylic acids is 2. The van der Waals surface area contributed by atoms with E-state index in [4.69, 9.17) is 4.74 Å². The number of ether oxygens (including phenoxy) is 2. The highest BCUT2D eigenvalue weighted by Crippen LogP contribution is 2.17. The SMILES string of the molecule is COC(=O)c1ccc(C(=O)NCc2ccc(OC)nc2)s1. The van der Waals surface area contributed by atoms with E-state index < -0.39 is 5.97 Å². The van der Waals surface area contributed by atoms with Crippen molar-refractivity contribution in [3.8, 4) is 5.88 Å². The zero-order valence-electron chi connectivity index (χ0n) is 11.6. The van der Waals surface area contributed by atoms with Gasteiger partial charge in [-0.15, -0.1) is 11.3 Å². The first kappa shape index (κ1) is 15.0. The zero-order chi connectivity index (χ0) is 15.2. The van der Waals surface area contributed by atoms with Gasteiger partial charge in [0.05, 0.1) is 19.1 Å². The van der Waals surface area contributed by atoms with E-state index in [0.29, 0.717) is 22.2 Å². The molecule has 0 unspecified atom stereocenters. The number of carbonyl (C=O) groups is 2. The lowest BCUT2D eigenvalue weighted by molar-refractivity contribution is 0.0606. The maximum atomic E-state index is 12.0. The van der Waals surface area contributed by atoms with Crippen LogP contribution in [0.3, 0.4) is 0 Å². The van der Waals surface area contributed by atoms with Crippen LogP contribution in [-0.2, 0) is 11.3 Å². The van der Waals surface area contributed by atoms with Crippen LogP contribution in [0, 0.1) is 0 Å². The van der Waals surface area contributed by atoms with Gasteiger partial charge in [0.1, 0.15) is 4.88 Å². The number of rotatable bonds is 5. The van der Waals surface area contributed by atoms with E-state index in [1.807, 2.05) is 6.07 Å². The van der Waals surface area contributed by atoms with Crippen LogP contribution >= 0.6 is 11.3 Å². The van der Waals surface area contributed by atoms with Gasteiger partial charge in [0, 0.05) is 18.8 Å². The van der Waals surface area contributed by atoms with Gasteiger partial charge in [-0.3, -0.25) is 4.79 Å². The first-order valence-electron chi connectivity index (χ1n) is 6.09. The first-order valence-corrected chi connectivity index (χ1v) is 6.91. The quantitative estimate of drug-likeness (QED) is 0.853. The highest BCUT2D eigenvalue weighted by atomic mass is 32.1. The Morgan fingerprint density at radius 3 is 2.57 bits per heavy atom. The van der Waals surface area contributed by atoms with Gasteiger partial charge < -0.3 is 14.8 Å². The number of hydrogen-bond acceptors (Lipinski definition) is 6. The summed E-state index contributed by atoms with van der Waals surface area (Å²) in [6, 6.07) is 6.71. The third kappa shape index (κ3) is 3.79. The summed E-state index contributed by atoms with van der Waals surface area (Å²) in [6.45, 7) is 0.348. The molecule has 0 bridgehead atoms. The van der Waals surface area contributed by atoms with Crippen LogP contribution in [-0.4, -0.2) is 31.1 Å². The minimum absolute atomic E-state index is 0.244. The number of nitrogens with zero attached hydrogens (tertiary/aromatic N) is 1. The Labute approximate surface area is 125 Å². The molecule has 0 spiro atoms. The zero-order valence-corrected chi connectivity index (χ0v) is 12.4. The summed E-state index contributed by atoms with van der Waals surface area (Å²) >= 11 is 1.09. The van der Waals surface area contributed by atoms with E-state index >= 15 is 0 Å². The van der Waals surface area contributed by atoms with Crippen LogP contribution in [0.4, 0.5) is 0 Å². The predicted molar refractivity (Wildman–Crippen MR) is 77.6 cm³/mol. The topological polar surface area (TPSA) is 77.5 Å². The Hall–Kier alpha value is -2.41. The second kappa shape index (κ2) is 6.85. The van der Waals surface area contributed by atoms with Crippen molar-refractivity contribution < 1.29 is 19.1 Å². The molecule has 0 atom stereocenters. The summed E-state index contributed by atoms with van der Waals surface area (Å²) in [4.78, 5) is 28.2. The molecule has 1 amide bonds. The average Bonchev–Trinajstić information content (AvgIpc) is 3.02. The minimum atomic E-state index is -0.446. The molecule has 0 fully saturated rings. The third-order valence-corrected chi connectivity index (χ3v) is 3.74. The number of thiophene rings is 1. The van der Waals surface area contributed by atoms with Gasteiger partial charge in [0.2, 0.25) is 5.88 Å². The van der Waals surface area contributed by atoms with Gasteiger partial charge in [-0.1, -0.05) is 6.07 Å². The smallest absolute Gasteiger partial charge is 0.348 e. The molecule has 0 radical (unpaired) electrons. The molecule has 0 aliphatic heterocycles. The van der Waals surface area contributed by atoms with Crippen molar-refractivity contribution in [1.29, 1.82) is 0 Å². The van der Waals surface area contributed by atoms with Crippen molar-refractivity contribution in [2.75, 3.05) is 14.2 Å². The van der Waals surface area contributed by atoms with Crippen molar-refractivity contribution >= 4 is 23.2 Å². The fourth-order valence-electron chi connectivity index (χ4n) is 1.58. The van der Waals surface area contributed by atoms with Gasteiger partial charge >= 0.3 is 5.97 Å². The van der Waals surface area contributed by atoms with Crippen molar-refractivity contribution in [3.05, 3.63) is 45.8 Å². The summed E-state index contributed by atoms with van der Waals surface area (Å²) in [7, 11) is 2.85. The number of esters is 1. The summed E-state index contributed by atoms with van der Waals surface area (Å²) in [5.74, 6) is -0.171. The molecular weight excluding hydrogens is 292 g/mol. The van der Waals surface area contributed by atoms with Crippen LogP contribution in [0.1, 0.15) is 24.9 Å². The van der Waals surface area contributed by atoms with Crippen LogP contribution in [0.15, 0.2) is 30.5 Å². The molecule has 2 heterocycles. The lowest BCUT2D eigenvalue weighted by atomic mass is 10.3. The van der Waals surface area contributed by atoms with E-state index in [0.717, 1.165) is 16.9 Å². The Kier molecular flexibility index (Phi) is 4.89. The van der Waals surface area contributed by atoms with Crippen LogP contribution < -0.4 is 10.1 Å². The molecule has 6 nitrogen and oxygen atoms in total. The highest BCUT2D eigenvalue weighted by molar-refractivity contribution is 7.15. The number of hydrogen-bond donors (Lipinski definition) is 1. The predicted octanol–water partition coefficient (Wildman–Crippen LogP) is 1.87. The summed E-state index contributed by atoms with van der Waals surface area (Å²) in [5.41, 5.74) is 0.855. The molecule has 0 saturated carbocycles. The first-order chi connectivity index (χ1) is 10.1. The van der Waals surface area contributed by atoms with E-state index in [2.05, 4.69) is 15.0 Å². The highest BCUT2D eigenvalue weighted by Gasteiger charge is 2.13. The van der Waals surface area contributed by atoms with E-state index in [1.165, 1.54) is 7.11 Å². The number of aromatic nitrogens is 1. The van der Waals surface area contributed by atoms with Gasteiger partial charge in [-0.2, -0.15) is 0 Å². The molecule has 0 saturated heterocycles. The van der Waals surface area contributed by atoms with Crippen molar-refractivity contribution in [2.45, 2.75) is 6.54 Å². The van der Waals surface area contributed by atoms with Crippen molar-refractivity contribution in [1.82, 2.24) is 10.3 Å². The molecule has 21 heavy (non-hydrogen) atoms. The second-order valence-corrected chi connectivity index (χ2v) is 5.13. The third-order valence-electron chi connectivity index (χ3n) is 2.68. The Bertz CT molecular complexity index is 637. The normalized spacial score (nSPS) is 10.0. The van der Waals surface area contributed by atoms with Gasteiger partial charge in [0.15, 0.2) is 0 Å². The van der Waals surface area contributed by atoms with Gasteiger partial charge in [0.25, 0.3) is 5.91 Å². The molecule has 7 heteroatoms. The maximum Gasteiger partial charge on any atom is 0.348 e. The summed E-state index contributed by atoms with van der Waals surface area (Å²) < 4.78 is 9.56. The Balaban J connectivity index is 1.94. The molecule has 0 aromatic carbocycles. The molecular formula is C14H14N2O4S. The largest absolute Gasteiger partial charge is 0.481 e. The van der Waals surface area contributed by atoms with Crippen LogP contribution in [0.2, 0.25) is 0 Å². The van der Waals surface area contributed by atoms with Crippen LogP contribution in [0.25, 0.3) is 0 Å². The lowest BCUT2D eigenvalue weighted by Gasteiger charge is -2.04. The average molecular weight is 306 g/mol. The minimum Gasteiger partial charge on any atom is -0.481 e. The number of amides is 1. The van der Waals surface area contributed by atoms with E-state index in [1.54, 1.807) is 31.5 Å².